The SMILES string of the molecule is CC1CC1C(C)Nc1cnn(C)c1Br. The van der Waals surface area contributed by atoms with Gasteiger partial charge < -0.3 is 5.32 Å². The third-order valence-corrected chi connectivity index (χ3v) is 4.00. The van der Waals surface area contributed by atoms with Gasteiger partial charge in [-0.25, -0.2) is 0 Å². The first-order chi connectivity index (χ1) is 6.59. The van der Waals surface area contributed by atoms with E-state index in [-0.39, 0.29) is 0 Å². The summed E-state index contributed by atoms with van der Waals surface area (Å²) < 4.78 is 2.85. The molecule has 1 saturated carbocycles. The van der Waals surface area contributed by atoms with Crippen LogP contribution in [0, 0.1) is 11.8 Å². The van der Waals surface area contributed by atoms with Crippen LogP contribution in [0.3, 0.4) is 0 Å². The molecule has 2 rings (SSSR count). The van der Waals surface area contributed by atoms with Gasteiger partial charge in [-0.15, -0.1) is 0 Å². The lowest BCUT2D eigenvalue weighted by Crippen LogP contribution is -2.18. The van der Waals surface area contributed by atoms with Crippen molar-refractivity contribution in [3.05, 3.63) is 10.8 Å². The molecule has 1 N–H and O–H groups in total. The number of hydrogen-bond donors (Lipinski definition) is 1. The average Bonchev–Trinajstić information content (AvgIpc) is 2.80. The first kappa shape index (κ1) is 10.0. The molecule has 0 bridgehead atoms. The van der Waals surface area contributed by atoms with Gasteiger partial charge in [0.05, 0.1) is 11.9 Å². The van der Waals surface area contributed by atoms with E-state index < -0.39 is 0 Å². The Morgan fingerprint density at radius 3 is 2.79 bits per heavy atom. The maximum Gasteiger partial charge on any atom is 0.126 e. The Morgan fingerprint density at radius 2 is 2.36 bits per heavy atom. The summed E-state index contributed by atoms with van der Waals surface area (Å²) in [6.45, 7) is 4.55. The Kier molecular flexibility index (Phi) is 2.56. The van der Waals surface area contributed by atoms with Crippen LogP contribution >= 0.6 is 15.9 Å². The summed E-state index contributed by atoms with van der Waals surface area (Å²) in [6.07, 6.45) is 3.22. The van der Waals surface area contributed by atoms with E-state index in [2.05, 4.69) is 40.2 Å². The van der Waals surface area contributed by atoms with Gasteiger partial charge in [-0.1, -0.05) is 6.92 Å². The van der Waals surface area contributed by atoms with Crippen LogP contribution in [0.5, 0.6) is 0 Å². The van der Waals surface area contributed by atoms with Crippen LogP contribution < -0.4 is 5.32 Å². The van der Waals surface area contributed by atoms with Crippen molar-refractivity contribution >= 4 is 21.6 Å². The van der Waals surface area contributed by atoms with Crippen LogP contribution in [0.25, 0.3) is 0 Å². The molecule has 0 spiro atoms. The van der Waals surface area contributed by atoms with E-state index in [1.807, 2.05) is 17.9 Å². The molecule has 3 nitrogen and oxygen atoms in total. The Balaban J connectivity index is 2.00. The first-order valence-electron chi connectivity index (χ1n) is 5.03. The number of aryl methyl sites for hydroxylation is 1. The molecule has 4 heteroatoms. The molecule has 1 aliphatic rings. The van der Waals surface area contributed by atoms with Crippen LogP contribution in [0.1, 0.15) is 20.3 Å². The Morgan fingerprint density at radius 1 is 1.71 bits per heavy atom. The van der Waals surface area contributed by atoms with Gasteiger partial charge in [0.2, 0.25) is 0 Å². The van der Waals surface area contributed by atoms with E-state index in [1.54, 1.807) is 0 Å². The lowest BCUT2D eigenvalue weighted by molar-refractivity contribution is 0.644. The molecule has 0 saturated heterocycles. The zero-order valence-corrected chi connectivity index (χ0v) is 10.4. The van der Waals surface area contributed by atoms with Crippen molar-refractivity contribution < 1.29 is 0 Å². The number of rotatable bonds is 3. The number of aromatic nitrogens is 2. The van der Waals surface area contributed by atoms with E-state index in [0.29, 0.717) is 6.04 Å². The second-order valence-corrected chi connectivity index (χ2v) is 5.03. The number of nitrogens with one attached hydrogen (secondary N) is 1. The Hall–Kier alpha value is -0.510. The van der Waals surface area contributed by atoms with Gasteiger partial charge in [-0.2, -0.15) is 5.10 Å². The lowest BCUT2D eigenvalue weighted by atomic mass is 10.2. The van der Waals surface area contributed by atoms with E-state index in [1.165, 1.54) is 6.42 Å². The predicted molar refractivity (Wildman–Crippen MR) is 61.3 cm³/mol. The number of anilines is 1. The minimum absolute atomic E-state index is 0.547. The molecule has 1 fully saturated rings. The topological polar surface area (TPSA) is 29.9 Å². The van der Waals surface area contributed by atoms with Gasteiger partial charge in [0.1, 0.15) is 4.60 Å². The van der Waals surface area contributed by atoms with Gasteiger partial charge >= 0.3 is 0 Å². The Labute approximate surface area is 93.0 Å². The van der Waals surface area contributed by atoms with Crippen LogP contribution in [0.4, 0.5) is 5.69 Å². The first-order valence-corrected chi connectivity index (χ1v) is 5.83. The smallest absolute Gasteiger partial charge is 0.126 e. The highest BCUT2D eigenvalue weighted by Crippen LogP contribution is 2.41. The number of nitrogens with zero attached hydrogens (tertiary/aromatic N) is 2. The van der Waals surface area contributed by atoms with Crippen molar-refractivity contribution in [2.45, 2.75) is 26.3 Å². The maximum absolute atomic E-state index is 4.18. The van der Waals surface area contributed by atoms with E-state index in [9.17, 15) is 0 Å². The van der Waals surface area contributed by atoms with Crippen molar-refractivity contribution in [2.75, 3.05) is 5.32 Å². The number of hydrogen-bond acceptors (Lipinski definition) is 2. The van der Waals surface area contributed by atoms with Gasteiger partial charge in [0.15, 0.2) is 0 Å². The van der Waals surface area contributed by atoms with Gasteiger partial charge in [0.25, 0.3) is 0 Å². The highest BCUT2D eigenvalue weighted by atomic mass is 79.9. The molecule has 3 atom stereocenters. The van der Waals surface area contributed by atoms with Crippen LogP contribution in [-0.4, -0.2) is 15.8 Å². The fourth-order valence-electron chi connectivity index (χ4n) is 1.92. The highest BCUT2D eigenvalue weighted by Gasteiger charge is 2.37. The third kappa shape index (κ3) is 1.80. The molecular formula is C10H16BrN3. The molecule has 1 aromatic rings. The van der Waals surface area contributed by atoms with E-state index in [4.69, 9.17) is 0 Å². The molecule has 0 aromatic carbocycles. The van der Waals surface area contributed by atoms with Crippen LogP contribution in [0.2, 0.25) is 0 Å². The predicted octanol–water partition coefficient (Wildman–Crippen LogP) is 2.64. The van der Waals surface area contributed by atoms with Crippen molar-refractivity contribution in [2.24, 2.45) is 18.9 Å². The summed E-state index contributed by atoms with van der Waals surface area (Å²) in [4.78, 5) is 0. The molecule has 78 valence electrons. The minimum Gasteiger partial charge on any atom is -0.379 e. The quantitative estimate of drug-likeness (QED) is 0.903. The van der Waals surface area contributed by atoms with E-state index in [0.717, 1.165) is 22.1 Å². The van der Waals surface area contributed by atoms with Crippen molar-refractivity contribution in [3.63, 3.8) is 0 Å². The summed E-state index contributed by atoms with van der Waals surface area (Å²) in [6, 6.07) is 0.547. The lowest BCUT2D eigenvalue weighted by Gasteiger charge is -2.13. The molecule has 1 aliphatic carbocycles. The van der Waals surface area contributed by atoms with Crippen LogP contribution in [0.15, 0.2) is 10.8 Å². The standard InChI is InChI=1S/C10H16BrN3/c1-6-4-8(6)7(2)13-9-5-12-14(3)10(9)11/h5-8,13H,4H2,1-3H3. The van der Waals surface area contributed by atoms with Gasteiger partial charge in [-0.3, -0.25) is 4.68 Å². The molecule has 0 amide bonds. The highest BCUT2D eigenvalue weighted by molar-refractivity contribution is 9.10. The normalized spacial score (nSPS) is 27.4. The molecular weight excluding hydrogens is 242 g/mol. The van der Waals surface area contributed by atoms with Gasteiger partial charge in [0, 0.05) is 13.1 Å². The fraction of sp³-hybridized carbons (Fsp3) is 0.700. The molecule has 14 heavy (non-hydrogen) atoms. The molecule has 0 radical (unpaired) electrons. The number of halogens is 1. The second kappa shape index (κ2) is 3.57. The zero-order chi connectivity index (χ0) is 10.3. The maximum atomic E-state index is 4.18. The van der Waals surface area contributed by atoms with Crippen molar-refractivity contribution in [3.8, 4) is 0 Å². The summed E-state index contributed by atoms with van der Waals surface area (Å²) in [5.74, 6) is 1.72. The summed E-state index contributed by atoms with van der Waals surface area (Å²) in [5, 5.41) is 7.67. The molecule has 1 heterocycles. The van der Waals surface area contributed by atoms with E-state index >= 15 is 0 Å². The average molecular weight is 258 g/mol. The summed E-state index contributed by atoms with van der Waals surface area (Å²) in [5.41, 5.74) is 1.10. The largest absolute Gasteiger partial charge is 0.379 e. The third-order valence-electron chi connectivity index (χ3n) is 3.06. The fourth-order valence-corrected chi connectivity index (χ4v) is 2.23. The molecule has 3 unspecified atom stereocenters. The second-order valence-electron chi connectivity index (χ2n) is 4.28. The van der Waals surface area contributed by atoms with Crippen LogP contribution in [-0.2, 0) is 7.05 Å². The van der Waals surface area contributed by atoms with Gasteiger partial charge in [-0.05, 0) is 41.1 Å². The summed E-state index contributed by atoms with van der Waals surface area (Å²) >= 11 is 3.50. The minimum atomic E-state index is 0.547. The molecule has 0 aliphatic heterocycles. The molecule has 1 aromatic heterocycles. The van der Waals surface area contributed by atoms with Crippen molar-refractivity contribution in [1.29, 1.82) is 0 Å². The zero-order valence-electron chi connectivity index (χ0n) is 8.79. The van der Waals surface area contributed by atoms with Crippen molar-refractivity contribution in [1.82, 2.24) is 9.78 Å². The Bertz CT molecular complexity index is 334. The monoisotopic (exact) mass is 257 g/mol. The summed E-state index contributed by atoms with van der Waals surface area (Å²) in [7, 11) is 1.93.